The SMILES string of the molecule is CCOc1ccc(-c2csc(=O)[nH]2)cc1OCC. The topological polar surface area (TPSA) is 51.3 Å². The van der Waals surface area contributed by atoms with E-state index in [-0.39, 0.29) is 4.87 Å². The highest BCUT2D eigenvalue weighted by atomic mass is 32.1. The summed E-state index contributed by atoms with van der Waals surface area (Å²) in [6, 6.07) is 5.65. The fraction of sp³-hybridized carbons (Fsp3) is 0.308. The summed E-state index contributed by atoms with van der Waals surface area (Å²) in [5, 5.41) is 1.80. The van der Waals surface area contributed by atoms with Gasteiger partial charge in [0.25, 0.3) is 0 Å². The highest BCUT2D eigenvalue weighted by molar-refractivity contribution is 7.07. The molecule has 0 bridgehead atoms. The Bertz CT molecular complexity index is 574. The van der Waals surface area contributed by atoms with Crippen LogP contribution in [0.3, 0.4) is 0 Å². The number of rotatable bonds is 5. The predicted molar refractivity (Wildman–Crippen MR) is 72.7 cm³/mol. The molecule has 0 aliphatic rings. The summed E-state index contributed by atoms with van der Waals surface area (Å²) in [4.78, 5) is 13.9. The third-order valence-corrected chi connectivity index (χ3v) is 3.04. The van der Waals surface area contributed by atoms with Gasteiger partial charge in [0.05, 0.1) is 18.9 Å². The first-order valence-corrected chi connectivity index (χ1v) is 6.70. The van der Waals surface area contributed by atoms with Gasteiger partial charge in [-0.05, 0) is 32.0 Å². The van der Waals surface area contributed by atoms with Crippen LogP contribution in [0.5, 0.6) is 11.5 Å². The number of H-pyrrole nitrogens is 1. The van der Waals surface area contributed by atoms with E-state index in [0.717, 1.165) is 28.3 Å². The lowest BCUT2D eigenvalue weighted by atomic mass is 10.1. The van der Waals surface area contributed by atoms with Crippen molar-refractivity contribution in [2.75, 3.05) is 13.2 Å². The highest BCUT2D eigenvalue weighted by Gasteiger charge is 2.08. The average Bonchev–Trinajstić information content (AvgIpc) is 2.79. The number of ether oxygens (including phenoxy) is 2. The monoisotopic (exact) mass is 265 g/mol. The van der Waals surface area contributed by atoms with Crippen molar-refractivity contribution in [3.8, 4) is 22.8 Å². The predicted octanol–water partition coefficient (Wildman–Crippen LogP) is 2.90. The van der Waals surface area contributed by atoms with Crippen LogP contribution in [0.25, 0.3) is 11.3 Å². The summed E-state index contributed by atoms with van der Waals surface area (Å²) in [6.45, 7) is 5.02. The lowest BCUT2D eigenvalue weighted by Crippen LogP contribution is -1.99. The maximum absolute atomic E-state index is 11.2. The minimum Gasteiger partial charge on any atom is -0.490 e. The molecule has 5 heteroatoms. The molecule has 96 valence electrons. The zero-order chi connectivity index (χ0) is 13.0. The molecule has 0 radical (unpaired) electrons. The molecule has 1 heterocycles. The Labute approximate surface area is 109 Å². The number of aromatic amines is 1. The average molecular weight is 265 g/mol. The maximum Gasteiger partial charge on any atom is 0.304 e. The molecule has 0 atom stereocenters. The van der Waals surface area contributed by atoms with Crippen molar-refractivity contribution in [2.24, 2.45) is 0 Å². The van der Waals surface area contributed by atoms with E-state index in [2.05, 4.69) is 4.98 Å². The Morgan fingerprint density at radius 1 is 1.17 bits per heavy atom. The van der Waals surface area contributed by atoms with Crippen molar-refractivity contribution in [3.63, 3.8) is 0 Å². The molecule has 2 aromatic rings. The number of thiazole rings is 1. The second kappa shape index (κ2) is 5.73. The van der Waals surface area contributed by atoms with Crippen LogP contribution in [-0.4, -0.2) is 18.2 Å². The molecule has 0 amide bonds. The van der Waals surface area contributed by atoms with Crippen molar-refractivity contribution in [1.82, 2.24) is 4.98 Å². The molecule has 4 nitrogen and oxygen atoms in total. The van der Waals surface area contributed by atoms with Gasteiger partial charge in [-0.25, -0.2) is 0 Å². The van der Waals surface area contributed by atoms with Crippen LogP contribution in [0.2, 0.25) is 0 Å². The number of nitrogens with one attached hydrogen (secondary N) is 1. The van der Waals surface area contributed by atoms with E-state index >= 15 is 0 Å². The number of aromatic nitrogens is 1. The van der Waals surface area contributed by atoms with Gasteiger partial charge in [-0.3, -0.25) is 4.79 Å². The van der Waals surface area contributed by atoms with Gasteiger partial charge in [0.1, 0.15) is 0 Å². The summed E-state index contributed by atoms with van der Waals surface area (Å²) in [5.74, 6) is 1.42. The van der Waals surface area contributed by atoms with E-state index in [1.807, 2.05) is 32.0 Å². The lowest BCUT2D eigenvalue weighted by Gasteiger charge is -2.11. The largest absolute Gasteiger partial charge is 0.490 e. The van der Waals surface area contributed by atoms with Crippen molar-refractivity contribution in [1.29, 1.82) is 0 Å². The molecule has 18 heavy (non-hydrogen) atoms. The van der Waals surface area contributed by atoms with Gasteiger partial charge in [-0.15, -0.1) is 0 Å². The van der Waals surface area contributed by atoms with Crippen LogP contribution < -0.4 is 14.3 Å². The first kappa shape index (κ1) is 12.7. The second-order valence-corrected chi connectivity index (χ2v) is 4.43. The van der Waals surface area contributed by atoms with Gasteiger partial charge >= 0.3 is 4.87 Å². The van der Waals surface area contributed by atoms with Gasteiger partial charge < -0.3 is 14.5 Å². The molecule has 1 aromatic heterocycles. The summed E-state index contributed by atoms with van der Waals surface area (Å²) < 4.78 is 11.0. The number of hydrogen-bond acceptors (Lipinski definition) is 4. The molecule has 0 aliphatic carbocycles. The number of hydrogen-bond donors (Lipinski definition) is 1. The minimum absolute atomic E-state index is 0.0585. The Hall–Kier alpha value is -1.75. The molecule has 0 fully saturated rings. The van der Waals surface area contributed by atoms with Crippen LogP contribution in [0.4, 0.5) is 0 Å². The quantitative estimate of drug-likeness (QED) is 0.904. The van der Waals surface area contributed by atoms with Gasteiger partial charge in [-0.1, -0.05) is 11.3 Å². The second-order valence-electron chi connectivity index (χ2n) is 3.59. The summed E-state index contributed by atoms with van der Waals surface area (Å²) in [5.41, 5.74) is 1.72. The zero-order valence-electron chi connectivity index (χ0n) is 10.4. The minimum atomic E-state index is -0.0585. The van der Waals surface area contributed by atoms with E-state index in [9.17, 15) is 4.79 Å². The van der Waals surface area contributed by atoms with Gasteiger partial charge in [0.2, 0.25) is 0 Å². The van der Waals surface area contributed by atoms with Crippen molar-refractivity contribution < 1.29 is 9.47 Å². The number of benzene rings is 1. The van der Waals surface area contributed by atoms with E-state index in [1.54, 1.807) is 5.38 Å². The third-order valence-electron chi connectivity index (χ3n) is 2.37. The summed E-state index contributed by atoms with van der Waals surface area (Å²) in [6.07, 6.45) is 0. The molecule has 0 spiro atoms. The molecule has 1 N–H and O–H groups in total. The van der Waals surface area contributed by atoms with Crippen LogP contribution in [-0.2, 0) is 0 Å². The van der Waals surface area contributed by atoms with E-state index < -0.39 is 0 Å². The van der Waals surface area contributed by atoms with Crippen molar-refractivity contribution in [3.05, 3.63) is 33.2 Å². The van der Waals surface area contributed by atoms with Crippen molar-refractivity contribution in [2.45, 2.75) is 13.8 Å². The fourth-order valence-electron chi connectivity index (χ4n) is 1.64. The Balaban J connectivity index is 2.38. The van der Waals surface area contributed by atoms with Crippen LogP contribution in [0, 0.1) is 0 Å². The molecule has 2 rings (SSSR count). The zero-order valence-corrected chi connectivity index (χ0v) is 11.2. The van der Waals surface area contributed by atoms with Gasteiger partial charge in [0.15, 0.2) is 11.5 Å². The Morgan fingerprint density at radius 2 is 1.89 bits per heavy atom. The molecule has 0 aliphatic heterocycles. The van der Waals surface area contributed by atoms with E-state index in [4.69, 9.17) is 9.47 Å². The standard InChI is InChI=1S/C13H15NO3S/c1-3-16-11-6-5-9(7-12(11)17-4-2)10-8-18-13(15)14-10/h5-8H,3-4H2,1-2H3,(H,14,15). The molecular weight excluding hydrogens is 250 g/mol. The van der Waals surface area contributed by atoms with Gasteiger partial charge in [0, 0.05) is 10.9 Å². The fourth-order valence-corrected chi connectivity index (χ4v) is 2.23. The molecule has 0 saturated carbocycles. The van der Waals surface area contributed by atoms with Crippen LogP contribution in [0.1, 0.15) is 13.8 Å². The van der Waals surface area contributed by atoms with Crippen molar-refractivity contribution >= 4 is 11.3 Å². The van der Waals surface area contributed by atoms with E-state index in [1.165, 1.54) is 0 Å². The smallest absolute Gasteiger partial charge is 0.304 e. The molecular formula is C13H15NO3S. The van der Waals surface area contributed by atoms with E-state index in [0.29, 0.717) is 19.0 Å². The Kier molecular flexibility index (Phi) is 4.04. The van der Waals surface area contributed by atoms with Gasteiger partial charge in [-0.2, -0.15) is 0 Å². The first-order valence-electron chi connectivity index (χ1n) is 5.82. The summed E-state index contributed by atoms with van der Waals surface area (Å²) >= 11 is 1.15. The molecule has 0 unspecified atom stereocenters. The first-order chi connectivity index (χ1) is 8.74. The molecule has 1 aromatic carbocycles. The highest BCUT2D eigenvalue weighted by Crippen LogP contribution is 2.32. The lowest BCUT2D eigenvalue weighted by molar-refractivity contribution is 0.288. The maximum atomic E-state index is 11.2. The Morgan fingerprint density at radius 3 is 2.50 bits per heavy atom. The normalized spacial score (nSPS) is 10.3. The molecule has 0 saturated heterocycles. The van der Waals surface area contributed by atoms with Crippen LogP contribution >= 0.6 is 11.3 Å². The van der Waals surface area contributed by atoms with Crippen LogP contribution in [0.15, 0.2) is 28.4 Å². The summed E-state index contributed by atoms with van der Waals surface area (Å²) in [7, 11) is 0. The third kappa shape index (κ3) is 2.73.